The summed E-state index contributed by atoms with van der Waals surface area (Å²) < 4.78 is 10.2. The molecule has 2 atom stereocenters. The Bertz CT molecular complexity index is 620. The van der Waals surface area contributed by atoms with Crippen LogP contribution >= 0.6 is 0 Å². The van der Waals surface area contributed by atoms with Gasteiger partial charge < -0.3 is 24.8 Å². The highest BCUT2D eigenvalue weighted by molar-refractivity contribution is 5.69. The third-order valence-electron chi connectivity index (χ3n) is 7.55. The van der Waals surface area contributed by atoms with Gasteiger partial charge in [0.05, 0.1) is 12.9 Å². The SMILES string of the molecule is CCCCCC/C=C\CCCCCCCC(=O)OC(O)(OC=CCCCCCCCCCCCCCC)C(O)CO. The summed E-state index contributed by atoms with van der Waals surface area (Å²) in [5.41, 5.74) is 0. The summed E-state index contributed by atoms with van der Waals surface area (Å²) in [5.74, 6) is -3.23. The molecule has 6 nitrogen and oxygen atoms in total. The number of carbonyl (C=O) groups excluding carboxylic acids is 1. The lowest BCUT2D eigenvalue weighted by Crippen LogP contribution is -2.49. The first-order valence-corrected chi connectivity index (χ1v) is 17.2. The van der Waals surface area contributed by atoms with Crippen molar-refractivity contribution in [2.24, 2.45) is 0 Å². The molecule has 0 aliphatic heterocycles. The molecule has 0 rings (SSSR count). The van der Waals surface area contributed by atoms with Crippen molar-refractivity contribution in [2.75, 3.05) is 6.61 Å². The van der Waals surface area contributed by atoms with E-state index in [9.17, 15) is 20.1 Å². The summed E-state index contributed by atoms with van der Waals surface area (Å²) in [6, 6.07) is 0. The number of ether oxygens (including phenoxy) is 2. The number of aliphatic hydroxyl groups excluding tert-OH is 2. The van der Waals surface area contributed by atoms with Crippen LogP contribution < -0.4 is 0 Å². The summed E-state index contributed by atoms with van der Waals surface area (Å²) in [6.07, 6.45) is 34.5. The molecule has 0 bridgehead atoms. The molecule has 2 unspecified atom stereocenters. The Labute approximate surface area is 253 Å². The fourth-order valence-electron chi connectivity index (χ4n) is 4.80. The van der Waals surface area contributed by atoms with Gasteiger partial charge in [-0.15, -0.1) is 0 Å². The molecule has 0 aliphatic carbocycles. The summed E-state index contributed by atoms with van der Waals surface area (Å²) in [6.45, 7) is 3.69. The first-order valence-electron chi connectivity index (χ1n) is 17.2. The number of aliphatic hydroxyl groups is 3. The highest BCUT2D eigenvalue weighted by Crippen LogP contribution is 2.19. The molecule has 6 heteroatoms. The van der Waals surface area contributed by atoms with E-state index in [1.165, 1.54) is 103 Å². The van der Waals surface area contributed by atoms with E-state index in [0.717, 1.165) is 51.4 Å². The molecule has 0 saturated carbocycles. The van der Waals surface area contributed by atoms with Crippen LogP contribution in [0.5, 0.6) is 0 Å². The average Bonchev–Trinajstić information content (AvgIpc) is 2.97. The second-order valence-electron chi connectivity index (χ2n) is 11.6. The number of rotatable bonds is 31. The van der Waals surface area contributed by atoms with Gasteiger partial charge in [-0.3, -0.25) is 4.79 Å². The van der Waals surface area contributed by atoms with Gasteiger partial charge in [0.2, 0.25) is 0 Å². The molecule has 0 aliphatic rings. The van der Waals surface area contributed by atoms with Gasteiger partial charge in [0.1, 0.15) is 0 Å². The molecule has 242 valence electrons. The number of hydrogen-bond acceptors (Lipinski definition) is 6. The summed E-state index contributed by atoms with van der Waals surface area (Å²) in [7, 11) is 0. The lowest BCUT2D eigenvalue weighted by Gasteiger charge is -2.29. The van der Waals surface area contributed by atoms with Crippen LogP contribution in [0, 0.1) is 0 Å². The molecule has 0 aromatic carbocycles. The van der Waals surface area contributed by atoms with Crippen molar-refractivity contribution in [3.05, 3.63) is 24.5 Å². The predicted octanol–water partition coefficient (Wildman–Crippen LogP) is 9.41. The second kappa shape index (κ2) is 30.1. The molecule has 0 aromatic rings. The predicted molar refractivity (Wildman–Crippen MR) is 170 cm³/mol. The van der Waals surface area contributed by atoms with Crippen LogP contribution in [0.4, 0.5) is 0 Å². The summed E-state index contributed by atoms with van der Waals surface area (Å²) in [4.78, 5) is 12.3. The molecule has 41 heavy (non-hydrogen) atoms. The zero-order chi connectivity index (χ0) is 30.3. The van der Waals surface area contributed by atoms with Gasteiger partial charge in [0, 0.05) is 6.42 Å². The van der Waals surface area contributed by atoms with Crippen molar-refractivity contribution in [2.45, 2.75) is 186 Å². The van der Waals surface area contributed by atoms with Crippen LogP contribution in [0.3, 0.4) is 0 Å². The van der Waals surface area contributed by atoms with Crippen molar-refractivity contribution < 1.29 is 29.6 Å². The van der Waals surface area contributed by atoms with Crippen LogP contribution in [-0.2, 0) is 14.3 Å². The number of hydrogen-bond donors (Lipinski definition) is 3. The van der Waals surface area contributed by atoms with Gasteiger partial charge in [-0.1, -0.05) is 135 Å². The van der Waals surface area contributed by atoms with E-state index in [1.807, 2.05) is 0 Å². The van der Waals surface area contributed by atoms with Crippen molar-refractivity contribution in [1.29, 1.82) is 0 Å². The quantitative estimate of drug-likeness (QED) is 0.0248. The Hall–Kier alpha value is -1.37. The van der Waals surface area contributed by atoms with Crippen molar-refractivity contribution in [1.82, 2.24) is 0 Å². The Kier molecular flexibility index (Phi) is 29.1. The van der Waals surface area contributed by atoms with Crippen molar-refractivity contribution >= 4 is 5.97 Å². The molecule has 0 radical (unpaired) electrons. The summed E-state index contributed by atoms with van der Waals surface area (Å²) >= 11 is 0. The van der Waals surface area contributed by atoms with Gasteiger partial charge in [0.25, 0.3) is 0 Å². The minimum absolute atomic E-state index is 0.129. The minimum Gasteiger partial charge on any atom is -0.436 e. The maximum absolute atomic E-state index is 12.3. The fourth-order valence-corrected chi connectivity index (χ4v) is 4.80. The lowest BCUT2D eigenvalue weighted by molar-refractivity contribution is -0.362. The molecule has 0 heterocycles. The van der Waals surface area contributed by atoms with Crippen LogP contribution in [0.25, 0.3) is 0 Å². The first-order chi connectivity index (χ1) is 20.0. The smallest absolute Gasteiger partial charge is 0.400 e. The molecule has 3 N–H and O–H groups in total. The number of allylic oxidation sites excluding steroid dienone is 3. The van der Waals surface area contributed by atoms with Gasteiger partial charge in [-0.2, -0.15) is 0 Å². The standard InChI is InChI=1S/C35H66O6/c1-3-5-7-9-11-13-15-17-19-21-23-25-27-29-31-40-35(39,33(37)32-36)41-34(38)30-28-26-24-22-20-18-16-14-12-10-8-6-4-2/h14,16,29,31,33,36-37,39H,3-13,15,17-28,30,32H2,1-2H3/b16-14-,31-29?. The molecular formula is C35H66O6. The van der Waals surface area contributed by atoms with E-state index in [2.05, 4.69) is 26.0 Å². The van der Waals surface area contributed by atoms with Gasteiger partial charge in [-0.25, -0.2) is 0 Å². The molecule has 0 saturated heterocycles. The maximum atomic E-state index is 12.3. The Morgan fingerprint density at radius 2 is 1.02 bits per heavy atom. The molecule has 0 aromatic heterocycles. The highest BCUT2D eigenvalue weighted by atomic mass is 16.8. The van der Waals surface area contributed by atoms with Gasteiger partial charge in [0.15, 0.2) is 6.10 Å². The molecule has 0 amide bonds. The average molecular weight is 583 g/mol. The third-order valence-corrected chi connectivity index (χ3v) is 7.55. The van der Waals surface area contributed by atoms with E-state index >= 15 is 0 Å². The third kappa shape index (κ3) is 26.0. The van der Waals surface area contributed by atoms with Crippen molar-refractivity contribution in [3.63, 3.8) is 0 Å². The zero-order valence-corrected chi connectivity index (χ0v) is 26.8. The molecule has 0 spiro atoms. The van der Waals surface area contributed by atoms with Crippen LogP contribution in [0.1, 0.15) is 174 Å². The molecule has 0 fully saturated rings. The van der Waals surface area contributed by atoms with E-state index in [4.69, 9.17) is 9.47 Å². The van der Waals surface area contributed by atoms with Crippen LogP contribution in [0.2, 0.25) is 0 Å². The molecular weight excluding hydrogens is 516 g/mol. The fraction of sp³-hybridized carbons (Fsp3) is 0.857. The topological polar surface area (TPSA) is 96.2 Å². The van der Waals surface area contributed by atoms with E-state index in [1.54, 1.807) is 6.08 Å². The zero-order valence-electron chi connectivity index (χ0n) is 26.8. The van der Waals surface area contributed by atoms with Crippen LogP contribution in [0.15, 0.2) is 24.5 Å². The number of unbranched alkanes of at least 4 members (excludes halogenated alkanes) is 21. The van der Waals surface area contributed by atoms with E-state index < -0.39 is 24.7 Å². The van der Waals surface area contributed by atoms with Gasteiger partial charge in [-0.05, 0) is 51.0 Å². The van der Waals surface area contributed by atoms with E-state index in [-0.39, 0.29) is 6.42 Å². The van der Waals surface area contributed by atoms with Crippen molar-refractivity contribution in [3.8, 4) is 0 Å². The van der Waals surface area contributed by atoms with E-state index in [0.29, 0.717) is 6.42 Å². The first kappa shape index (κ1) is 39.6. The summed E-state index contributed by atoms with van der Waals surface area (Å²) in [5, 5.41) is 29.8. The number of esters is 1. The largest absolute Gasteiger partial charge is 0.436 e. The monoisotopic (exact) mass is 582 g/mol. The maximum Gasteiger partial charge on any atom is 0.400 e. The second-order valence-corrected chi connectivity index (χ2v) is 11.6. The normalized spacial score (nSPS) is 14.1. The minimum atomic E-state index is -2.58. The highest BCUT2D eigenvalue weighted by Gasteiger charge is 2.42. The Morgan fingerprint density at radius 3 is 1.49 bits per heavy atom. The lowest BCUT2D eigenvalue weighted by atomic mass is 10.0. The Morgan fingerprint density at radius 1 is 0.634 bits per heavy atom. The van der Waals surface area contributed by atoms with Gasteiger partial charge >= 0.3 is 11.9 Å². The number of carbonyl (C=O) groups is 1. The Balaban J connectivity index is 3.92. The van der Waals surface area contributed by atoms with Crippen LogP contribution in [-0.4, -0.2) is 40.0 Å².